The molecule has 3 nitrogen and oxygen atoms in total. The molecular weight excluding hydrogens is 233 g/mol. The zero-order valence-electron chi connectivity index (χ0n) is 10.1. The minimum Gasteiger partial charge on any atom is -0.497 e. The van der Waals surface area contributed by atoms with Gasteiger partial charge in [-0.1, -0.05) is 0 Å². The fourth-order valence-electron chi connectivity index (χ4n) is 1.65. The van der Waals surface area contributed by atoms with Crippen molar-refractivity contribution in [2.75, 3.05) is 7.11 Å². The molecule has 2 aromatic rings. The van der Waals surface area contributed by atoms with Crippen LogP contribution in [0.5, 0.6) is 5.75 Å². The molecule has 2 rings (SSSR count). The molecular formula is C14H12FNO2. The van der Waals surface area contributed by atoms with Crippen molar-refractivity contribution in [3.63, 3.8) is 0 Å². The zero-order valence-corrected chi connectivity index (χ0v) is 10.1. The van der Waals surface area contributed by atoms with Gasteiger partial charge in [-0.25, -0.2) is 4.39 Å². The van der Waals surface area contributed by atoms with Crippen LogP contribution in [0.1, 0.15) is 21.5 Å². The lowest BCUT2D eigenvalue weighted by molar-refractivity contribution is 0.103. The van der Waals surface area contributed by atoms with E-state index in [4.69, 9.17) is 4.74 Å². The Morgan fingerprint density at radius 3 is 2.67 bits per heavy atom. The van der Waals surface area contributed by atoms with Crippen molar-refractivity contribution in [1.82, 2.24) is 4.98 Å². The molecule has 1 heterocycles. The maximum Gasteiger partial charge on any atom is 0.197 e. The van der Waals surface area contributed by atoms with Crippen LogP contribution in [0.25, 0.3) is 0 Å². The molecule has 0 bridgehead atoms. The molecule has 0 aliphatic heterocycles. The number of ether oxygens (including phenoxy) is 1. The van der Waals surface area contributed by atoms with E-state index in [2.05, 4.69) is 4.98 Å². The van der Waals surface area contributed by atoms with Crippen molar-refractivity contribution in [3.05, 3.63) is 59.2 Å². The number of carbonyl (C=O) groups is 1. The summed E-state index contributed by atoms with van der Waals surface area (Å²) in [6.07, 6.45) is 3.04. The van der Waals surface area contributed by atoms with Crippen molar-refractivity contribution in [2.45, 2.75) is 6.92 Å². The van der Waals surface area contributed by atoms with Crippen LogP contribution in [-0.2, 0) is 0 Å². The highest BCUT2D eigenvalue weighted by molar-refractivity contribution is 6.09. The van der Waals surface area contributed by atoms with E-state index in [9.17, 15) is 9.18 Å². The number of halogens is 1. The van der Waals surface area contributed by atoms with Gasteiger partial charge in [-0.3, -0.25) is 9.78 Å². The van der Waals surface area contributed by atoms with Crippen molar-refractivity contribution < 1.29 is 13.9 Å². The first-order valence-electron chi connectivity index (χ1n) is 5.42. The lowest BCUT2D eigenvalue weighted by Gasteiger charge is -2.06. The minimum atomic E-state index is -0.595. The number of rotatable bonds is 3. The third-order valence-electron chi connectivity index (χ3n) is 2.70. The topological polar surface area (TPSA) is 39.2 Å². The van der Waals surface area contributed by atoms with Gasteiger partial charge in [0.2, 0.25) is 0 Å². The number of pyridine rings is 1. The van der Waals surface area contributed by atoms with Gasteiger partial charge < -0.3 is 4.74 Å². The molecule has 92 valence electrons. The van der Waals surface area contributed by atoms with Crippen LogP contribution in [0.4, 0.5) is 4.39 Å². The third-order valence-corrected chi connectivity index (χ3v) is 2.70. The van der Waals surface area contributed by atoms with Crippen LogP contribution in [-0.4, -0.2) is 17.9 Å². The quantitative estimate of drug-likeness (QED) is 0.780. The molecule has 0 atom stereocenters. The van der Waals surface area contributed by atoms with Crippen molar-refractivity contribution in [3.8, 4) is 5.75 Å². The van der Waals surface area contributed by atoms with Crippen LogP contribution < -0.4 is 4.74 Å². The summed E-state index contributed by atoms with van der Waals surface area (Å²) in [5.41, 5.74) is 1.19. The summed E-state index contributed by atoms with van der Waals surface area (Å²) in [5, 5.41) is 0. The average molecular weight is 245 g/mol. The van der Waals surface area contributed by atoms with Crippen LogP contribution in [0, 0.1) is 12.7 Å². The Morgan fingerprint density at radius 2 is 2.06 bits per heavy atom. The second-order valence-electron chi connectivity index (χ2n) is 3.87. The molecule has 18 heavy (non-hydrogen) atoms. The Balaban J connectivity index is 2.44. The van der Waals surface area contributed by atoms with Crippen molar-refractivity contribution in [1.29, 1.82) is 0 Å². The molecule has 0 aliphatic rings. The van der Waals surface area contributed by atoms with Crippen LogP contribution >= 0.6 is 0 Å². The Morgan fingerprint density at radius 1 is 1.28 bits per heavy atom. The van der Waals surface area contributed by atoms with Gasteiger partial charge in [0.1, 0.15) is 11.6 Å². The van der Waals surface area contributed by atoms with E-state index < -0.39 is 5.82 Å². The minimum absolute atomic E-state index is 0.0203. The number of ketones is 1. The van der Waals surface area contributed by atoms with Crippen LogP contribution in [0.3, 0.4) is 0 Å². The number of carbonyl (C=O) groups excluding carboxylic acids is 1. The molecule has 4 heteroatoms. The lowest BCUT2D eigenvalue weighted by Crippen LogP contribution is -2.06. The largest absolute Gasteiger partial charge is 0.497 e. The SMILES string of the molecule is COc1ccc(C(=O)c2cnccc2C)c(F)c1. The monoisotopic (exact) mass is 245 g/mol. The molecule has 0 saturated heterocycles. The summed E-state index contributed by atoms with van der Waals surface area (Å²) in [6, 6.07) is 5.89. The fraction of sp³-hybridized carbons (Fsp3) is 0.143. The molecule has 0 amide bonds. The number of hydrogen-bond donors (Lipinski definition) is 0. The standard InChI is InChI=1S/C14H12FNO2/c1-9-5-6-16-8-12(9)14(17)11-4-3-10(18-2)7-13(11)15/h3-8H,1-2H3. The van der Waals surface area contributed by atoms with Crippen molar-refractivity contribution >= 4 is 5.78 Å². The molecule has 0 saturated carbocycles. The van der Waals surface area contributed by atoms with Gasteiger partial charge in [0.15, 0.2) is 5.78 Å². The Kier molecular flexibility index (Phi) is 3.37. The molecule has 0 unspecified atom stereocenters. The van der Waals surface area contributed by atoms with Gasteiger partial charge in [-0.05, 0) is 30.7 Å². The summed E-state index contributed by atoms with van der Waals surface area (Å²) in [7, 11) is 1.45. The number of aromatic nitrogens is 1. The molecule has 0 radical (unpaired) electrons. The highest BCUT2D eigenvalue weighted by atomic mass is 19.1. The number of aryl methyl sites for hydroxylation is 1. The normalized spacial score (nSPS) is 10.2. The van der Waals surface area contributed by atoms with Gasteiger partial charge in [-0.2, -0.15) is 0 Å². The predicted octanol–water partition coefficient (Wildman–Crippen LogP) is 2.77. The van der Waals surface area contributed by atoms with Gasteiger partial charge in [0.05, 0.1) is 12.7 Å². The molecule has 1 aromatic carbocycles. The number of nitrogens with zero attached hydrogens (tertiary/aromatic N) is 1. The summed E-state index contributed by atoms with van der Waals surface area (Å²) in [4.78, 5) is 16.1. The van der Waals surface area contributed by atoms with E-state index >= 15 is 0 Å². The first-order valence-corrected chi connectivity index (χ1v) is 5.42. The zero-order chi connectivity index (χ0) is 13.1. The summed E-state index contributed by atoms with van der Waals surface area (Å²) in [5.74, 6) is -0.588. The van der Waals surface area contributed by atoms with E-state index in [1.165, 1.54) is 25.4 Å². The van der Waals surface area contributed by atoms with E-state index in [1.54, 1.807) is 25.3 Å². The van der Waals surface area contributed by atoms with Gasteiger partial charge in [-0.15, -0.1) is 0 Å². The van der Waals surface area contributed by atoms with Gasteiger partial charge in [0.25, 0.3) is 0 Å². The highest BCUT2D eigenvalue weighted by Crippen LogP contribution is 2.20. The number of methoxy groups -OCH3 is 1. The van der Waals surface area contributed by atoms with E-state index in [-0.39, 0.29) is 11.3 Å². The summed E-state index contributed by atoms with van der Waals surface area (Å²) in [6.45, 7) is 1.79. The fourth-order valence-corrected chi connectivity index (χ4v) is 1.65. The maximum atomic E-state index is 13.8. The van der Waals surface area contributed by atoms with Gasteiger partial charge in [0, 0.05) is 24.0 Å². The Bertz CT molecular complexity index is 596. The first-order chi connectivity index (χ1) is 8.63. The highest BCUT2D eigenvalue weighted by Gasteiger charge is 2.16. The van der Waals surface area contributed by atoms with Gasteiger partial charge >= 0.3 is 0 Å². The Hall–Kier alpha value is -2.23. The summed E-state index contributed by atoms with van der Waals surface area (Å²) < 4.78 is 18.7. The second-order valence-corrected chi connectivity index (χ2v) is 3.87. The van der Waals surface area contributed by atoms with Crippen LogP contribution in [0.15, 0.2) is 36.7 Å². The number of hydrogen-bond acceptors (Lipinski definition) is 3. The number of benzene rings is 1. The first kappa shape index (κ1) is 12.2. The molecule has 0 aliphatic carbocycles. The smallest absolute Gasteiger partial charge is 0.197 e. The average Bonchev–Trinajstić information content (AvgIpc) is 2.38. The predicted molar refractivity (Wildman–Crippen MR) is 65.4 cm³/mol. The second kappa shape index (κ2) is 4.96. The maximum absolute atomic E-state index is 13.8. The van der Waals surface area contributed by atoms with Crippen LogP contribution in [0.2, 0.25) is 0 Å². The molecule has 1 aromatic heterocycles. The third kappa shape index (κ3) is 2.22. The Labute approximate surface area is 104 Å². The summed E-state index contributed by atoms with van der Waals surface area (Å²) >= 11 is 0. The molecule has 0 fully saturated rings. The molecule has 0 spiro atoms. The van der Waals surface area contributed by atoms with E-state index in [0.29, 0.717) is 11.3 Å². The molecule has 0 N–H and O–H groups in total. The van der Waals surface area contributed by atoms with E-state index in [1.807, 2.05) is 0 Å². The lowest BCUT2D eigenvalue weighted by atomic mass is 10.0. The van der Waals surface area contributed by atoms with Crippen molar-refractivity contribution in [2.24, 2.45) is 0 Å². The van der Waals surface area contributed by atoms with E-state index in [0.717, 1.165) is 5.56 Å².